The second kappa shape index (κ2) is 5.52. The van der Waals surface area contributed by atoms with E-state index in [1.807, 2.05) is 6.92 Å². The first-order valence-electron chi connectivity index (χ1n) is 8.00. The maximum Gasteiger partial charge on any atom is 0.268 e. The van der Waals surface area contributed by atoms with Crippen LogP contribution < -0.4 is 0 Å². The summed E-state index contributed by atoms with van der Waals surface area (Å²) >= 11 is 0. The number of aldehydes is 1. The molecule has 1 aliphatic carbocycles. The van der Waals surface area contributed by atoms with E-state index >= 15 is 0 Å². The van der Waals surface area contributed by atoms with Crippen molar-refractivity contribution >= 4 is 27.2 Å². The van der Waals surface area contributed by atoms with Crippen LogP contribution in [0.25, 0.3) is 10.9 Å². The summed E-state index contributed by atoms with van der Waals surface area (Å²) in [5.41, 5.74) is 2.10. The van der Waals surface area contributed by atoms with Gasteiger partial charge in [-0.1, -0.05) is 17.7 Å². The molecule has 4 rings (SSSR count). The predicted octanol–water partition coefficient (Wildman–Crippen LogP) is 3.63. The summed E-state index contributed by atoms with van der Waals surface area (Å²) < 4.78 is 41.0. The van der Waals surface area contributed by atoms with E-state index in [1.165, 1.54) is 28.4 Å². The molecule has 2 atom stereocenters. The first-order valence-corrected chi connectivity index (χ1v) is 9.44. The maximum absolute atomic E-state index is 13.7. The standard InChI is InChI=1S/C19H16FNO3S/c1-12-2-5-15(6-3-12)25(23,24)21-10-18(16-8-13(16)11-22)17-9-14(20)4-7-19(17)21/h2-7,9-11,13,16H,8H2,1H3/t13-,16+/m1/s1. The van der Waals surface area contributed by atoms with Crippen LogP contribution >= 0.6 is 0 Å². The minimum absolute atomic E-state index is 0.0451. The molecular weight excluding hydrogens is 341 g/mol. The fourth-order valence-electron chi connectivity index (χ4n) is 3.24. The maximum atomic E-state index is 13.7. The number of rotatable bonds is 4. The number of hydrogen-bond donors (Lipinski definition) is 0. The highest BCUT2D eigenvalue weighted by Crippen LogP contribution is 2.49. The zero-order chi connectivity index (χ0) is 17.8. The Morgan fingerprint density at radius 2 is 1.88 bits per heavy atom. The fraction of sp³-hybridized carbons (Fsp3) is 0.211. The molecule has 1 heterocycles. The molecule has 2 aromatic carbocycles. The summed E-state index contributed by atoms with van der Waals surface area (Å²) in [6, 6.07) is 10.7. The third-order valence-corrected chi connectivity index (χ3v) is 6.44. The van der Waals surface area contributed by atoms with Crippen LogP contribution in [0.4, 0.5) is 4.39 Å². The minimum Gasteiger partial charge on any atom is -0.303 e. The van der Waals surface area contributed by atoms with Gasteiger partial charge in [-0.25, -0.2) is 16.8 Å². The molecule has 4 nitrogen and oxygen atoms in total. The molecule has 0 amide bonds. The molecule has 3 aromatic rings. The normalized spacial score (nSPS) is 19.9. The monoisotopic (exact) mass is 357 g/mol. The summed E-state index contributed by atoms with van der Waals surface area (Å²) in [5.74, 6) is -0.594. The summed E-state index contributed by atoms with van der Waals surface area (Å²) in [4.78, 5) is 11.2. The molecule has 0 N–H and O–H groups in total. The van der Waals surface area contributed by atoms with Crippen molar-refractivity contribution < 1.29 is 17.6 Å². The molecule has 1 aromatic heterocycles. The largest absolute Gasteiger partial charge is 0.303 e. The van der Waals surface area contributed by atoms with E-state index in [9.17, 15) is 17.6 Å². The number of carbonyl (C=O) groups excluding carboxylic acids is 1. The molecule has 0 bridgehead atoms. The predicted molar refractivity (Wildman–Crippen MR) is 92.6 cm³/mol. The molecule has 1 saturated carbocycles. The van der Waals surface area contributed by atoms with Gasteiger partial charge in [-0.15, -0.1) is 0 Å². The zero-order valence-corrected chi connectivity index (χ0v) is 14.3. The lowest BCUT2D eigenvalue weighted by molar-refractivity contribution is -0.108. The van der Waals surface area contributed by atoms with Crippen LogP contribution in [0, 0.1) is 18.7 Å². The smallest absolute Gasteiger partial charge is 0.268 e. The van der Waals surface area contributed by atoms with Gasteiger partial charge in [0.05, 0.1) is 10.4 Å². The minimum atomic E-state index is -3.80. The second-order valence-electron chi connectivity index (χ2n) is 6.50. The van der Waals surface area contributed by atoms with Crippen LogP contribution in [0.5, 0.6) is 0 Å². The van der Waals surface area contributed by atoms with Crippen LogP contribution in [0.3, 0.4) is 0 Å². The number of benzene rings is 2. The summed E-state index contributed by atoms with van der Waals surface area (Å²) in [6.45, 7) is 1.88. The van der Waals surface area contributed by atoms with Crippen molar-refractivity contribution in [2.24, 2.45) is 5.92 Å². The topological polar surface area (TPSA) is 56.1 Å². The van der Waals surface area contributed by atoms with Crippen LogP contribution in [0.15, 0.2) is 53.6 Å². The van der Waals surface area contributed by atoms with E-state index in [1.54, 1.807) is 24.3 Å². The lowest BCUT2D eigenvalue weighted by Gasteiger charge is -2.08. The van der Waals surface area contributed by atoms with Gasteiger partial charge in [0.25, 0.3) is 10.0 Å². The quantitative estimate of drug-likeness (QED) is 0.670. The van der Waals surface area contributed by atoms with Gasteiger partial charge in [0.1, 0.15) is 12.1 Å². The van der Waals surface area contributed by atoms with Crippen LogP contribution in [0.2, 0.25) is 0 Å². The molecule has 0 radical (unpaired) electrons. The molecule has 0 unspecified atom stereocenters. The SMILES string of the molecule is Cc1ccc(S(=O)(=O)n2cc([C@H]3C[C@@H]3C=O)c3cc(F)ccc32)cc1. The van der Waals surface area contributed by atoms with Crippen molar-refractivity contribution in [3.05, 3.63) is 65.6 Å². The number of aromatic nitrogens is 1. The molecule has 0 spiro atoms. The van der Waals surface area contributed by atoms with E-state index in [2.05, 4.69) is 0 Å². The van der Waals surface area contributed by atoms with Gasteiger partial charge in [-0.2, -0.15) is 0 Å². The molecule has 128 valence electrons. The molecule has 1 fully saturated rings. The van der Waals surface area contributed by atoms with Gasteiger partial charge < -0.3 is 4.79 Å². The van der Waals surface area contributed by atoms with E-state index in [4.69, 9.17) is 0 Å². The first kappa shape index (κ1) is 16.0. The van der Waals surface area contributed by atoms with Gasteiger partial charge in [-0.05, 0) is 55.2 Å². The average Bonchev–Trinajstić information content (AvgIpc) is 3.27. The number of hydrogen-bond acceptors (Lipinski definition) is 3. The highest BCUT2D eigenvalue weighted by Gasteiger charge is 2.40. The third-order valence-electron chi connectivity index (χ3n) is 4.76. The van der Waals surface area contributed by atoms with Gasteiger partial charge in [0, 0.05) is 17.5 Å². The van der Waals surface area contributed by atoms with E-state index in [0.29, 0.717) is 22.9 Å². The van der Waals surface area contributed by atoms with Crippen molar-refractivity contribution in [2.45, 2.75) is 24.2 Å². The Balaban J connectivity index is 1.93. The fourth-order valence-corrected chi connectivity index (χ4v) is 4.62. The lowest BCUT2D eigenvalue weighted by Crippen LogP contribution is -2.11. The molecule has 25 heavy (non-hydrogen) atoms. The van der Waals surface area contributed by atoms with Gasteiger partial charge in [-0.3, -0.25) is 0 Å². The second-order valence-corrected chi connectivity index (χ2v) is 8.32. The van der Waals surface area contributed by atoms with Crippen molar-refractivity contribution in [1.29, 1.82) is 0 Å². The molecule has 6 heteroatoms. The lowest BCUT2D eigenvalue weighted by atomic mass is 10.1. The van der Waals surface area contributed by atoms with Crippen molar-refractivity contribution in [3.8, 4) is 0 Å². The number of fused-ring (bicyclic) bond motifs is 1. The number of aryl methyl sites for hydroxylation is 1. The Morgan fingerprint density at radius 1 is 1.16 bits per heavy atom. The Bertz CT molecular complexity index is 1080. The number of halogens is 1. The molecular formula is C19H16FNO3S. The molecule has 1 aliphatic rings. The molecule has 0 aliphatic heterocycles. The van der Waals surface area contributed by atoms with Crippen LogP contribution in [-0.2, 0) is 14.8 Å². The van der Waals surface area contributed by atoms with Gasteiger partial charge >= 0.3 is 0 Å². The van der Waals surface area contributed by atoms with E-state index in [0.717, 1.165) is 11.8 Å². The Hall–Kier alpha value is -2.47. The first-order chi connectivity index (χ1) is 11.9. The zero-order valence-electron chi connectivity index (χ0n) is 13.5. The van der Waals surface area contributed by atoms with Crippen molar-refractivity contribution in [1.82, 2.24) is 3.97 Å². The average molecular weight is 357 g/mol. The van der Waals surface area contributed by atoms with Gasteiger partial charge in [0.2, 0.25) is 0 Å². The third kappa shape index (κ3) is 2.57. The highest BCUT2D eigenvalue weighted by molar-refractivity contribution is 7.90. The van der Waals surface area contributed by atoms with E-state index in [-0.39, 0.29) is 16.7 Å². The van der Waals surface area contributed by atoms with Crippen LogP contribution in [-0.4, -0.2) is 18.7 Å². The number of nitrogens with zero attached hydrogens (tertiary/aromatic N) is 1. The van der Waals surface area contributed by atoms with Gasteiger partial charge in [0.15, 0.2) is 0 Å². The van der Waals surface area contributed by atoms with Crippen molar-refractivity contribution in [3.63, 3.8) is 0 Å². The Morgan fingerprint density at radius 3 is 2.52 bits per heavy atom. The van der Waals surface area contributed by atoms with Crippen LogP contribution in [0.1, 0.15) is 23.5 Å². The molecule has 0 saturated heterocycles. The summed E-state index contributed by atoms with van der Waals surface area (Å²) in [5, 5.41) is 0.546. The summed E-state index contributed by atoms with van der Waals surface area (Å²) in [7, 11) is -3.80. The van der Waals surface area contributed by atoms with Crippen molar-refractivity contribution in [2.75, 3.05) is 0 Å². The summed E-state index contributed by atoms with van der Waals surface area (Å²) in [6.07, 6.45) is 3.08. The van der Waals surface area contributed by atoms with E-state index < -0.39 is 15.8 Å². The Labute approximate surface area is 144 Å². The Kier molecular flexibility index (Phi) is 3.54. The highest BCUT2D eigenvalue weighted by atomic mass is 32.2. The number of carbonyl (C=O) groups is 1.